The molecular formula is C23H39NO3. The molecule has 0 aromatic heterocycles. The molecule has 0 aliphatic heterocycles. The van der Waals surface area contributed by atoms with Gasteiger partial charge in [0, 0.05) is 13.1 Å². The van der Waals surface area contributed by atoms with Gasteiger partial charge in [-0.15, -0.1) is 0 Å². The van der Waals surface area contributed by atoms with Crippen LogP contribution in [-0.2, 0) is 4.74 Å². The van der Waals surface area contributed by atoms with E-state index in [1.165, 1.54) is 45.6 Å². The third-order valence-electron chi connectivity index (χ3n) is 9.83. The molecule has 4 saturated carbocycles. The molecule has 0 aromatic carbocycles. The van der Waals surface area contributed by atoms with Crippen molar-refractivity contribution in [2.45, 2.75) is 90.2 Å². The average molecular weight is 378 g/mol. The van der Waals surface area contributed by atoms with E-state index < -0.39 is 5.60 Å². The van der Waals surface area contributed by atoms with Crippen molar-refractivity contribution in [1.82, 2.24) is 4.90 Å². The van der Waals surface area contributed by atoms with Crippen molar-refractivity contribution >= 4 is 6.09 Å². The molecule has 4 fully saturated rings. The van der Waals surface area contributed by atoms with Gasteiger partial charge in [0.25, 0.3) is 0 Å². The van der Waals surface area contributed by atoms with Gasteiger partial charge in [0.15, 0.2) is 0 Å². The monoisotopic (exact) mass is 377 g/mol. The molecule has 27 heavy (non-hydrogen) atoms. The van der Waals surface area contributed by atoms with E-state index in [-0.39, 0.29) is 11.5 Å². The lowest BCUT2D eigenvalue weighted by Crippen LogP contribution is -2.57. The summed E-state index contributed by atoms with van der Waals surface area (Å²) >= 11 is 0. The van der Waals surface area contributed by atoms with E-state index in [2.05, 4.69) is 13.8 Å². The predicted molar refractivity (Wildman–Crippen MR) is 106 cm³/mol. The van der Waals surface area contributed by atoms with Gasteiger partial charge in [-0.1, -0.05) is 13.8 Å². The van der Waals surface area contributed by atoms with E-state index in [1.807, 2.05) is 18.9 Å². The van der Waals surface area contributed by atoms with Gasteiger partial charge in [-0.3, -0.25) is 0 Å². The molecule has 0 saturated heterocycles. The van der Waals surface area contributed by atoms with E-state index in [1.54, 1.807) is 0 Å². The van der Waals surface area contributed by atoms with E-state index in [0.29, 0.717) is 17.4 Å². The summed E-state index contributed by atoms with van der Waals surface area (Å²) in [4.78, 5) is 14.1. The smallest absolute Gasteiger partial charge is 0.409 e. The zero-order valence-corrected chi connectivity index (χ0v) is 18.0. The Balaban J connectivity index is 1.57. The number of rotatable bonds is 1. The van der Waals surface area contributed by atoms with Crippen LogP contribution in [0.15, 0.2) is 0 Å². The molecule has 0 spiro atoms. The highest BCUT2D eigenvalue weighted by Gasteiger charge is 2.61. The first-order valence-electron chi connectivity index (χ1n) is 11.2. The summed E-state index contributed by atoms with van der Waals surface area (Å²) in [6, 6.07) is 0.313. The Morgan fingerprint density at radius 2 is 1.67 bits per heavy atom. The van der Waals surface area contributed by atoms with Gasteiger partial charge in [-0.05, 0) is 99.2 Å². The summed E-state index contributed by atoms with van der Waals surface area (Å²) in [7, 11) is 3.42. The van der Waals surface area contributed by atoms with Crippen molar-refractivity contribution in [3.63, 3.8) is 0 Å². The third-order valence-corrected chi connectivity index (χ3v) is 9.83. The minimum absolute atomic E-state index is 0.186. The van der Waals surface area contributed by atoms with Crippen LogP contribution in [0.1, 0.15) is 78.6 Å². The third kappa shape index (κ3) is 2.84. The zero-order chi connectivity index (χ0) is 19.6. The summed E-state index contributed by atoms with van der Waals surface area (Å²) in [6.07, 6.45) is 10.4. The maximum atomic E-state index is 12.2. The Hall–Kier alpha value is -0.770. The Morgan fingerprint density at radius 1 is 0.963 bits per heavy atom. The maximum Gasteiger partial charge on any atom is 0.409 e. The van der Waals surface area contributed by atoms with Crippen LogP contribution in [0.4, 0.5) is 4.79 Å². The minimum atomic E-state index is -0.456. The normalized spacial score (nSPS) is 51.7. The van der Waals surface area contributed by atoms with Crippen molar-refractivity contribution in [1.29, 1.82) is 0 Å². The number of nitrogens with zero attached hydrogens (tertiary/aromatic N) is 1. The van der Waals surface area contributed by atoms with Gasteiger partial charge >= 0.3 is 6.09 Å². The first kappa shape index (κ1) is 19.5. The van der Waals surface area contributed by atoms with Crippen LogP contribution in [0.3, 0.4) is 0 Å². The van der Waals surface area contributed by atoms with Crippen LogP contribution in [0, 0.1) is 34.5 Å². The largest absolute Gasteiger partial charge is 0.453 e. The van der Waals surface area contributed by atoms with Gasteiger partial charge in [0.05, 0.1) is 12.7 Å². The fraction of sp³-hybridized carbons (Fsp3) is 0.957. The van der Waals surface area contributed by atoms with Crippen molar-refractivity contribution in [3.05, 3.63) is 0 Å². The number of carbonyl (C=O) groups excluding carboxylic acids is 1. The average Bonchev–Trinajstić information content (AvgIpc) is 2.98. The molecule has 0 aromatic rings. The highest BCUT2D eigenvalue weighted by molar-refractivity contribution is 5.67. The quantitative estimate of drug-likeness (QED) is 0.711. The van der Waals surface area contributed by atoms with E-state index in [0.717, 1.165) is 37.0 Å². The predicted octanol–water partition coefficient (Wildman–Crippen LogP) is 4.85. The van der Waals surface area contributed by atoms with Gasteiger partial charge in [-0.2, -0.15) is 0 Å². The molecule has 4 aliphatic rings. The molecule has 0 bridgehead atoms. The summed E-state index contributed by atoms with van der Waals surface area (Å²) in [5, 5.41) is 10.6. The van der Waals surface area contributed by atoms with E-state index in [4.69, 9.17) is 4.74 Å². The number of fused-ring (bicyclic) bond motifs is 5. The summed E-state index contributed by atoms with van der Waals surface area (Å²) in [5.41, 5.74) is 0.175. The van der Waals surface area contributed by atoms with Crippen LogP contribution >= 0.6 is 0 Å². The summed E-state index contributed by atoms with van der Waals surface area (Å²) in [5.74, 6) is 3.01. The molecule has 154 valence electrons. The van der Waals surface area contributed by atoms with Gasteiger partial charge in [-0.25, -0.2) is 4.79 Å². The lowest BCUT2D eigenvalue weighted by Gasteiger charge is -2.62. The molecule has 4 rings (SSSR count). The lowest BCUT2D eigenvalue weighted by molar-refractivity contribution is -0.146. The number of carbonyl (C=O) groups is 1. The second-order valence-electron chi connectivity index (χ2n) is 11.1. The fourth-order valence-electron chi connectivity index (χ4n) is 8.31. The van der Waals surface area contributed by atoms with Gasteiger partial charge < -0.3 is 14.7 Å². The van der Waals surface area contributed by atoms with Gasteiger partial charge in [0.1, 0.15) is 0 Å². The van der Waals surface area contributed by atoms with E-state index in [9.17, 15) is 9.90 Å². The minimum Gasteiger partial charge on any atom is -0.453 e. The number of aliphatic hydroxyl groups is 1. The van der Waals surface area contributed by atoms with Crippen LogP contribution in [0.5, 0.6) is 0 Å². The Morgan fingerprint density at radius 3 is 2.37 bits per heavy atom. The van der Waals surface area contributed by atoms with Crippen LogP contribution in [0.2, 0.25) is 0 Å². The van der Waals surface area contributed by atoms with Gasteiger partial charge in [0.2, 0.25) is 0 Å². The molecule has 1 amide bonds. The number of hydrogen-bond acceptors (Lipinski definition) is 3. The Bertz CT molecular complexity index is 604. The molecule has 0 radical (unpaired) electrons. The molecule has 0 heterocycles. The SMILES string of the molecule is COC(=O)N(C)[C@H]1CCC2[C@@H]3CC[C@H]4C[C@](C)(O)CC[C@]4(C)[C@H]3CC[C@@]21C. The molecule has 4 nitrogen and oxygen atoms in total. The van der Waals surface area contributed by atoms with E-state index >= 15 is 0 Å². The second kappa shape index (κ2) is 6.37. The standard InChI is InChI=1S/C23H39NO3/c1-21(26)12-13-22(2)15(14-21)6-7-16-17-8-9-19(24(4)20(25)27-5)23(17,3)11-10-18(16)22/h15-19,26H,6-14H2,1-5H3/t15-,16-,17?,18-,19-,21+,22-,23-/m0/s1. The molecule has 4 aliphatic carbocycles. The van der Waals surface area contributed by atoms with Crippen LogP contribution in [-0.4, -0.2) is 41.9 Å². The van der Waals surface area contributed by atoms with Crippen LogP contribution < -0.4 is 0 Å². The first-order valence-corrected chi connectivity index (χ1v) is 11.2. The van der Waals surface area contributed by atoms with Crippen molar-refractivity contribution < 1.29 is 14.6 Å². The summed E-state index contributed by atoms with van der Waals surface area (Å²) < 4.78 is 5.03. The highest BCUT2D eigenvalue weighted by Crippen LogP contribution is 2.67. The zero-order valence-electron chi connectivity index (χ0n) is 18.0. The molecule has 4 heteroatoms. The van der Waals surface area contributed by atoms with Crippen molar-refractivity contribution in [3.8, 4) is 0 Å². The molecule has 1 unspecified atom stereocenters. The van der Waals surface area contributed by atoms with Crippen LogP contribution in [0.25, 0.3) is 0 Å². The molecular weight excluding hydrogens is 338 g/mol. The Kier molecular flexibility index (Phi) is 4.61. The number of methoxy groups -OCH3 is 1. The Labute approximate surface area is 165 Å². The van der Waals surface area contributed by atoms with Crippen molar-refractivity contribution in [2.75, 3.05) is 14.2 Å². The number of amides is 1. The second-order valence-corrected chi connectivity index (χ2v) is 11.1. The topological polar surface area (TPSA) is 49.8 Å². The maximum absolute atomic E-state index is 12.2. The first-order chi connectivity index (χ1) is 12.6. The lowest BCUT2D eigenvalue weighted by atomic mass is 9.44. The molecule has 1 N–H and O–H groups in total. The summed E-state index contributed by atoms with van der Waals surface area (Å²) in [6.45, 7) is 7.03. The van der Waals surface area contributed by atoms with Crippen molar-refractivity contribution in [2.24, 2.45) is 34.5 Å². The number of hydrogen-bond donors (Lipinski definition) is 1. The fourth-order valence-corrected chi connectivity index (χ4v) is 8.31. The number of ether oxygens (including phenoxy) is 1. The molecule has 8 atom stereocenters. The highest BCUT2D eigenvalue weighted by atomic mass is 16.5.